The van der Waals surface area contributed by atoms with Crippen LogP contribution in [0.4, 0.5) is 0 Å². The molecule has 0 spiro atoms. The van der Waals surface area contributed by atoms with Gasteiger partial charge in [-0.25, -0.2) is 0 Å². The van der Waals surface area contributed by atoms with Crippen LogP contribution in [0.1, 0.15) is 5.56 Å². The van der Waals surface area contributed by atoms with Gasteiger partial charge in [-0.05, 0) is 18.1 Å². The molecular formula is C11H15NO4S. The summed E-state index contributed by atoms with van der Waals surface area (Å²) in [4.78, 5) is 9.47. The van der Waals surface area contributed by atoms with E-state index in [1.165, 1.54) is 0 Å². The van der Waals surface area contributed by atoms with E-state index in [4.69, 9.17) is 4.55 Å². The fourth-order valence-corrected chi connectivity index (χ4v) is 1.39. The van der Waals surface area contributed by atoms with Crippen molar-refractivity contribution in [3.63, 3.8) is 0 Å². The van der Waals surface area contributed by atoms with Crippen LogP contribution in [0.25, 0.3) is 0 Å². The van der Waals surface area contributed by atoms with E-state index in [0.717, 1.165) is 11.6 Å². The molecule has 5 nitrogen and oxygen atoms in total. The predicted octanol–water partition coefficient (Wildman–Crippen LogP) is 0.775. The van der Waals surface area contributed by atoms with E-state index in [1.54, 1.807) is 0 Å². The van der Waals surface area contributed by atoms with Gasteiger partial charge in [-0.15, -0.1) is 0 Å². The average molecular weight is 257 g/mol. The van der Waals surface area contributed by atoms with Gasteiger partial charge in [0.25, 0.3) is 10.1 Å². The zero-order valence-corrected chi connectivity index (χ0v) is 10.1. The van der Waals surface area contributed by atoms with E-state index in [1.807, 2.05) is 30.3 Å². The van der Waals surface area contributed by atoms with Crippen molar-refractivity contribution in [2.24, 2.45) is 5.73 Å². The molecule has 0 fully saturated rings. The molecule has 3 N–H and O–H groups in total. The summed E-state index contributed by atoms with van der Waals surface area (Å²) >= 11 is 0. The number of aryl methyl sites for hydroxylation is 1. The Morgan fingerprint density at radius 3 is 2.18 bits per heavy atom. The van der Waals surface area contributed by atoms with Crippen LogP contribution in [-0.4, -0.2) is 24.6 Å². The molecule has 94 valence electrons. The molecule has 0 saturated carbocycles. The van der Waals surface area contributed by atoms with Crippen molar-refractivity contribution in [1.29, 1.82) is 0 Å². The minimum Gasteiger partial charge on any atom is -0.366 e. The fourth-order valence-electron chi connectivity index (χ4n) is 0.892. The maximum atomic E-state index is 10.4. The maximum absolute atomic E-state index is 10.4. The summed E-state index contributed by atoms with van der Waals surface area (Å²) in [6.07, 6.45) is 1.42. The molecule has 1 aromatic rings. The van der Waals surface area contributed by atoms with Crippen LogP contribution in [0.3, 0.4) is 0 Å². The van der Waals surface area contributed by atoms with Gasteiger partial charge in [0, 0.05) is 0 Å². The Balaban J connectivity index is 0.000000437. The van der Waals surface area contributed by atoms with Gasteiger partial charge in [0.15, 0.2) is 0 Å². The lowest BCUT2D eigenvalue weighted by atomic mass is 10.2. The van der Waals surface area contributed by atoms with E-state index in [9.17, 15) is 13.2 Å². The number of benzene rings is 1. The second kappa shape index (κ2) is 7.59. The first-order chi connectivity index (χ1) is 7.85. The van der Waals surface area contributed by atoms with Crippen LogP contribution in [0.5, 0.6) is 0 Å². The Morgan fingerprint density at radius 1 is 1.35 bits per heavy atom. The highest BCUT2D eigenvalue weighted by molar-refractivity contribution is 7.85. The highest BCUT2D eigenvalue weighted by atomic mass is 32.2. The third-order valence-corrected chi connectivity index (χ3v) is 2.41. The van der Waals surface area contributed by atoms with Gasteiger partial charge in [0.2, 0.25) is 5.91 Å². The molecule has 1 amide bonds. The number of hydrogen-bond acceptors (Lipinski definition) is 3. The smallest absolute Gasteiger partial charge is 0.265 e. The first-order valence-corrected chi connectivity index (χ1v) is 6.37. The first-order valence-electron chi connectivity index (χ1n) is 4.76. The van der Waals surface area contributed by atoms with Crippen molar-refractivity contribution in [2.45, 2.75) is 6.42 Å². The van der Waals surface area contributed by atoms with Gasteiger partial charge in [-0.1, -0.05) is 36.9 Å². The number of hydrogen-bond donors (Lipinski definition) is 2. The number of primary amides is 1. The number of carbonyl (C=O) groups excluding carboxylic acids is 1. The SMILES string of the molecule is C=CC(N)=O.O=S(=O)(O)CCc1ccccc1. The number of carbonyl (C=O) groups is 1. The molecule has 0 saturated heterocycles. The summed E-state index contributed by atoms with van der Waals surface area (Å²) in [5.74, 6) is -0.693. The Hall–Kier alpha value is -1.66. The first kappa shape index (κ1) is 15.3. The van der Waals surface area contributed by atoms with Crippen LogP contribution in [-0.2, 0) is 21.3 Å². The molecule has 0 atom stereocenters. The molecule has 0 radical (unpaired) electrons. The molecule has 6 heteroatoms. The monoisotopic (exact) mass is 257 g/mol. The molecule has 17 heavy (non-hydrogen) atoms. The molecular weight excluding hydrogens is 242 g/mol. The van der Waals surface area contributed by atoms with Crippen molar-refractivity contribution < 1.29 is 17.8 Å². The number of amides is 1. The molecule has 1 aromatic carbocycles. The summed E-state index contributed by atoms with van der Waals surface area (Å²) < 4.78 is 29.2. The normalized spacial score (nSPS) is 9.94. The summed E-state index contributed by atoms with van der Waals surface area (Å²) in [6, 6.07) is 9.17. The second-order valence-corrected chi connectivity index (χ2v) is 4.70. The summed E-state index contributed by atoms with van der Waals surface area (Å²) in [6.45, 7) is 3.09. The Morgan fingerprint density at radius 2 is 1.82 bits per heavy atom. The maximum Gasteiger partial charge on any atom is 0.265 e. The average Bonchev–Trinajstić information content (AvgIpc) is 2.28. The van der Waals surface area contributed by atoms with Gasteiger partial charge >= 0.3 is 0 Å². The number of nitrogens with two attached hydrogens (primary N) is 1. The predicted molar refractivity (Wildman–Crippen MR) is 66.0 cm³/mol. The molecule has 1 rings (SSSR count). The highest BCUT2D eigenvalue weighted by Crippen LogP contribution is 2.00. The zero-order chi connectivity index (χ0) is 13.3. The van der Waals surface area contributed by atoms with Crippen LogP contribution < -0.4 is 5.73 Å². The lowest BCUT2D eigenvalue weighted by molar-refractivity contribution is -0.113. The Bertz CT molecular complexity index is 454. The minimum atomic E-state index is -3.82. The van der Waals surface area contributed by atoms with Crippen LogP contribution in [0, 0.1) is 0 Å². The largest absolute Gasteiger partial charge is 0.366 e. The van der Waals surface area contributed by atoms with Crippen molar-refractivity contribution in [3.05, 3.63) is 48.6 Å². The van der Waals surface area contributed by atoms with E-state index in [2.05, 4.69) is 12.3 Å². The lowest BCUT2D eigenvalue weighted by Crippen LogP contribution is -2.06. The quantitative estimate of drug-likeness (QED) is 0.615. The van der Waals surface area contributed by atoms with Gasteiger partial charge in [-0.2, -0.15) is 8.42 Å². The van der Waals surface area contributed by atoms with E-state index in [-0.39, 0.29) is 5.75 Å². The molecule has 0 unspecified atom stereocenters. The molecule has 0 aromatic heterocycles. The van der Waals surface area contributed by atoms with Crippen molar-refractivity contribution in [2.75, 3.05) is 5.75 Å². The highest BCUT2D eigenvalue weighted by Gasteiger charge is 2.03. The topological polar surface area (TPSA) is 97.5 Å². The van der Waals surface area contributed by atoms with E-state index >= 15 is 0 Å². The Kier molecular flexibility index (Phi) is 6.85. The summed E-state index contributed by atoms with van der Waals surface area (Å²) in [5, 5.41) is 0. The minimum absolute atomic E-state index is 0.211. The fraction of sp³-hybridized carbons (Fsp3) is 0.182. The molecule has 0 aliphatic carbocycles. The summed E-state index contributed by atoms with van der Waals surface area (Å²) in [5.41, 5.74) is 5.45. The van der Waals surface area contributed by atoms with E-state index in [0.29, 0.717) is 6.42 Å². The number of rotatable bonds is 4. The third-order valence-electron chi connectivity index (χ3n) is 1.69. The summed E-state index contributed by atoms with van der Waals surface area (Å²) in [7, 11) is -3.82. The molecule has 0 heterocycles. The lowest BCUT2D eigenvalue weighted by Gasteiger charge is -1.97. The van der Waals surface area contributed by atoms with Gasteiger partial charge in [-0.3, -0.25) is 9.35 Å². The standard InChI is InChI=1S/C8H10O3S.C3H5NO/c9-12(10,11)7-6-8-4-2-1-3-5-8;1-2-3(4)5/h1-5H,6-7H2,(H,9,10,11);2H,1H2,(H2,4,5). The van der Waals surface area contributed by atoms with Gasteiger partial charge < -0.3 is 5.73 Å². The van der Waals surface area contributed by atoms with Gasteiger partial charge in [0.1, 0.15) is 0 Å². The third kappa shape index (κ3) is 10.6. The van der Waals surface area contributed by atoms with Crippen molar-refractivity contribution >= 4 is 16.0 Å². The van der Waals surface area contributed by atoms with E-state index < -0.39 is 16.0 Å². The Labute approximate surface area is 101 Å². The van der Waals surface area contributed by atoms with Crippen LogP contribution in [0.15, 0.2) is 43.0 Å². The van der Waals surface area contributed by atoms with Crippen molar-refractivity contribution in [1.82, 2.24) is 0 Å². The molecule has 0 bridgehead atoms. The van der Waals surface area contributed by atoms with Crippen molar-refractivity contribution in [3.8, 4) is 0 Å². The molecule has 0 aliphatic heterocycles. The molecule has 0 aliphatic rings. The second-order valence-electron chi connectivity index (χ2n) is 3.13. The van der Waals surface area contributed by atoms with Gasteiger partial charge in [0.05, 0.1) is 5.75 Å². The van der Waals surface area contributed by atoms with Crippen LogP contribution >= 0.6 is 0 Å². The zero-order valence-electron chi connectivity index (χ0n) is 9.24. The van der Waals surface area contributed by atoms with Crippen LogP contribution in [0.2, 0.25) is 0 Å².